The van der Waals surface area contributed by atoms with Crippen LogP contribution in [0.2, 0.25) is 0 Å². The lowest BCUT2D eigenvalue weighted by molar-refractivity contribution is -0.0222. The number of hydrogen-bond donors (Lipinski definition) is 1. The normalized spacial score (nSPS) is 19.1. The van der Waals surface area contributed by atoms with Crippen LogP contribution in [0.1, 0.15) is 12.8 Å². The number of hydrogen-bond acceptors (Lipinski definition) is 5. The average Bonchev–Trinajstić information content (AvgIpc) is 2.29. The quantitative estimate of drug-likeness (QED) is 0.849. The Morgan fingerprint density at radius 2 is 2.06 bits per heavy atom. The highest BCUT2D eigenvalue weighted by atomic mass is 19.3. The van der Waals surface area contributed by atoms with Crippen molar-refractivity contribution in [2.24, 2.45) is 0 Å². The van der Waals surface area contributed by atoms with Gasteiger partial charge in [-0.2, -0.15) is 4.98 Å². The van der Waals surface area contributed by atoms with Crippen molar-refractivity contribution in [1.82, 2.24) is 9.97 Å². The van der Waals surface area contributed by atoms with Gasteiger partial charge in [0.25, 0.3) is 5.92 Å². The first-order valence-corrected chi connectivity index (χ1v) is 5.31. The van der Waals surface area contributed by atoms with E-state index in [0.29, 0.717) is 11.7 Å². The number of methoxy groups -OCH3 is 1. The van der Waals surface area contributed by atoms with Gasteiger partial charge in [-0.1, -0.05) is 0 Å². The lowest BCUT2D eigenvalue weighted by Gasteiger charge is -2.31. The minimum absolute atomic E-state index is 0.178. The highest BCUT2D eigenvalue weighted by Gasteiger charge is 2.34. The second-order valence-electron chi connectivity index (χ2n) is 3.97. The highest BCUT2D eigenvalue weighted by Crippen LogP contribution is 2.30. The number of nitrogens with two attached hydrogens (primary N) is 1. The van der Waals surface area contributed by atoms with Crippen LogP contribution in [0.4, 0.5) is 20.5 Å². The molecule has 1 aromatic rings. The summed E-state index contributed by atoms with van der Waals surface area (Å²) in [5.74, 6) is -1.60. The van der Waals surface area contributed by atoms with Crippen molar-refractivity contribution < 1.29 is 13.5 Å². The Morgan fingerprint density at radius 1 is 1.41 bits per heavy atom. The Hall–Kier alpha value is -1.66. The topological polar surface area (TPSA) is 64.3 Å². The molecular weight excluding hydrogens is 230 g/mol. The second-order valence-corrected chi connectivity index (χ2v) is 3.97. The van der Waals surface area contributed by atoms with Crippen LogP contribution in [-0.2, 0) is 0 Å². The third kappa shape index (κ3) is 2.54. The number of alkyl halides is 2. The molecule has 2 rings (SSSR count). The van der Waals surface area contributed by atoms with Crippen molar-refractivity contribution in [2.45, 2.75) is 18.8 Å². The van der Waals surface area contributed by atoms with Crippen LogP contribution >= 0.6 is 0 Å². The molecule has 0 spiro atoms. The van der Waals surface area contributed by atoms with Gasteiger partial charge in [0.15, 0.2) is 11.6 Å². The second kappa shape index (κ2) is 4.31. The molecule has 17 heavy (non-hydrogen) atoms. The molecule has 1 aliphatic heterocycles. The van der Waals surface area contributed by atoms with Crippen molar-refractivity contribution in [2.75, 3.05) is 30.8 Å². The van der Waals surface area contributed by atoms with Crippen molar-refractivity contribution in [1.29, 1.82) is 0 Å². The van der Waals surface area contributed by atoms with E-state index in [9.17, 15) is 8.78 Å². The molecule has 1 aromatic heterocycles. The van der Waals surface area contributed by atoms with Crippen LogP contribution in [-0.4, -0.2) is 36.1 Å². The van der Waals surface area contributed by atoms with E-state index in [-0.39, 0.29) is 31.7 Å². The fraction of sp³-hybridized carbons (Fsp3) is 0.600. The molecule has 1 saturated heterocycles. The minimum atomic E-state index is -2.57. The van der Waals surface area contributed by atoms with Crippen molar-refractivity contribution in [3.8, 4) is 5.75 Å². The molecule has 94 valence electrons. The molecule has 5 nitrogen and oxygen atoms in total. The van der Waals surface area contributed by atoms with Gasteiger partial charge in [0.05, 0.1) is 13.3 Å². The highest BCUT2D eigenvalue weighted by molar-refractivity contribution is 5.48. The molecule has 2 N–H and O–H groups in total. The summed E-state index contributed by atoms with van der Waals surface area (Å²) in [6.07, 6.45) is 1.09. The van der Waals surface area contributed by atoms with Gasteiger partial charge < -0.3 is 15.4 Å². The number of aromatic nitrogens is 2. The number of nitrogen functional groups attached to an aromatic ring is 1. The van der Waals surface area contributed by atoms with Crippen LogP contribution in [0.15, 0.2) is 6.20 Å². The molecule has 0 aromatic carbocycles. The maximum absolute atomic E-state index is 13.0. The van der Waals surface area contributed by atoms with Gasteiger partial charge in [-0.25, -0.2) is 13.8 Å². The Labute approximate surface area is 97.6 Å². The van der Waals surface area contributed by atoms with Crippen LogP contribution in [0.25, 0.3) is 0 Å². The third-order valence-corrected chi connectivity index (χ3v) is 2.77. The SMILES string of the molecule is COc1cnc(N2CCC(F)(F)CC2)nc1N. The fourth-order valence-electron chi connectivity index (χ4n) is 1.72. The van der Waals surface area contributed by atoms with E-state index in [1.165, 1.54) is 13.3 Å². The van der Waals surface area contributed by atoms with Gasteiger partial charge in [-0.3, -0.25) is 0 Å². The summed E-state index contributed by atoms with van der Waals surface area (Å²) in [5, 5.41) is 0. The summed E-state index contributed by atoms with van der Waals surface area (Å²) in [6.45, 7) is 0.470. The lowest BCUT2D eigenvalue weighted by Crippen LogP contribution is -2.40. The Morgan fingerprint density at radius 3 is 2.59 bits per heavy atom. The summed E-state index contributed by atoms with van der Waals surface area (Å²) >= 11 is 0. The van der Waals surface area contributed by atoms with Crippen LogP contribution in [0, 0.1) is 0 Å². The van der Waals surface area contributed by atoms with Crippen LogP contribution in [0.3, 0.4) is 0 Å². The van der Waals surface area contributed by atoms with Gasteiger partial charge in [-0.05, 0) is 0 Å². The Kier molecular flexibility index (Phi) is 2.99. The first-order chi connectivity index (χ1) is 8.02. The molecule has 1 fully saturated rings. The van der Waals surface area contributed by atoms with Gasteiger partial charge >= 0.3 is 0 Å². The zero-order chi connectivity index (χ0) is 12.5. The van der Waals surface area contributed by atoms with E-state index in [1.807, 2.05) is 0 Å². The molecular formula is C10H14F2N4O. The summed E-state index contributed by atoms with van der Waals surface area (Å²) < 4.78 is 30.9. The third-order valence-electron chi connectivity index (χ3n) is 2.77. The first-order valence-electron chi connectivity index (χ1n) is 5.31. The molecule has 2 heterocycles. The van der Waals surface area contributed by atoms with E-state index in [2.05, 4.69) is 9.97 Å². The molecule has 0 aliphatic carbocycles. The van der Waals surface area contributed by atoms with E-state index >= 15 is 0 Å². The Balaban J connectivity index is 2.11. The number of ether oxygens (including phenoxy) is 1. The zero-order valence-corrected chi connectivity index (χ0v) is 9.49. The largest absolute Gasteiger partial charge is 0.491 e. The maximum atomic E-state index is 13.0. The summed E-state index contributed by atoms with van der Waals surface area (Å²) in [6, 6.07) is 0. The summed E-state index contributed by atoms with van der Waals surface area (Å²) in [5.41, 5.74) is 5.64. The van der Waals surface area contributed by atoms with Gasteiger partial charge in [0.1, 0.15) is 0 Å². The molecule has 0 amide bonds. The number of anilines is 2. The number of piperidine rings is 1. The van der Waals surface area contributed by atoms with Crippen molar-refractivity contribution in [3.05, 3.63) is 6.20 Å². The first kappa shape index (κ1) is 11.8. The van der Waals surface area contributed by atoms with E-state index in [4.69, 9.17) is 10.5 Å². The number of nitrogens with zero attached hydrogens (tertiary/aromatic N) is 3. The van der Waals surface area contributed by atoms with Gasteiger partial charge in [-0.15, -0.1) is 0 Å². The van der Waals surface area contributed by atoms with Crippen molar-refractivity contribution in [3.63, 3.8) is 0 Å². The molecule has 0 bridgehead atoms. The van der Waals surface area contributed by atoms with Gasteiger partial charge in [0, 0.05) is 25.9 Å². The predicted molar refractivity (Wildman–Crippen MR) is 59.4 cm³/mol. The summed E-state index contributed by atoms with van der Waals surface area (Å²) in [4.78, 5) is 9.79. The minimum Gasteiger partial charge on any atom is -0.491 e. The molecule has 0 radical (unpaired) electrons. The standard InChI is InChI=1S/C10H14F2N4O/c1-17-7-6-14-9(15-8(7)13)16-4-2-10(11,12)3-5-16/h6H,2-5H2,1H3,(H2,13,14,15). The Bertz CT molecular complexity index is 403. The fourth-order valence-corrected chi connectivity index (χ4v) is 1.72. The van der Waals surface area contributed by atoms with E-state index in [0.717, 1.165) is 0 Å². The average molecular weight is 244 g/mol. The van der Waals surface area contributed by atoms with E-state index < -0.39 is 5.92 Å². The van der Waals surface area contributed by atoms with E-state index in [1.54, 1.807) is 4.90 Å². The van der Waals surface area contributed by atoms with Crippen LogP contribution in [0.5, 0.6) is 5.75 Å². The maximum Gasteiger partial charge on any atom is 0.251 e. The van der Waals surface area contributed by atoms with Crippen molar-refractivity contribution >= 4 is 11.8 Å². The molecule has 7 heteroatoms. The summed E-state index contributed by atoms with van der Waals surface area (Å²) in [7, 11) is 1.47. The predicted octanol–water partition coefficient (Wildman–Crippen LogP) is 1.30. The molecule has 1 aliphatic rings. The zero-order valence-electron chi connectivity index (χ0n) is 9.49. The van der Waals surface area contributed by atoms with Crippen LogP contribution < -0.4 is 15.4 Å². The monoisotopic (exact) mass is 244 g/mol. The molecule has 0 saturated carbocycles. The number of halogens is 2. The molecule has 0 unspecified atom stereocenters. The molecule has 0 atom stereocenters. The van der Waals surface area contributed by atoms with Gasteiger partial charge in [0.2, 0.25) is 5.95 Å². The lowest BCUT2D eigenvalue weighted by atomic mass is 10.1. The number of rotatable bonds is 2. The smallest absolute Gasteiger partial charge is 0.251 e.